The molecule has 0 aromatic rings. The Morgan fingerprint density at radius 2 is 1.62 bits per heavy atom. The monoisotopic (exact) mass is 299 g/mol. The zero-order chi connectivity index (χ0) is 16.1. The molecule has 21 heavy (non-hydrogen) atoms. The van der Waals surface area contributed by atoms with Gasteiger partial charge in [-0.05, 0) is 26.2 Å². The van der Waals surface area contributed by atoms with Crippen molar-refractivity contribution < 1.29 is 14.3 Å². The van der Waals surface area contributed by atoms with Crippen LogP contribution in [-0.2, 0) is 14.3 Å². The summed E-state index contributed by atoms with van der Waals surface area (Å²) in [5.41, 5.74) is 0. The van der Waals surface area contributed by atoms with E-state index in [0.717, 1.165) is 45.1 Å². The van der Waals surface area contributed by atoms with Gasteiger partial charge in [0.25, 0.3) is 0 Å². The van der Waals surface area contributed by atoms with Crippen molar-refractivity contribution in [3.8, 4) is 0 Å². The number of unbranched alkanes of at least 4 members (excludes halogenated alkanes) is 3. The molecule has 0 aliphatic rings. The molecule has 1 atom stereocenters. The molecule has 0 heterocycles. The van der Waals surface area contributed by atoms with Crippen LogP contribution in [0.15, 0.2) is 0 Å². The number of esters is 1. The highest BCUT2D eigenvalue weighted by molar-refractivity contribution is 5.77. The molecular formula is C17H33NO3. The van der Waals surface area contributed by atoms with Gasteiger partial charge in [-0.1, -0.05) is 40.0 Å². The van der Waals surface area contributed by atoms with E-state index in [1.54, 1.807) is 0 Å². The molecule has 4 nitrogen and oxygen atoms in total. The van der Waals surface area contributed by atoms with Gasteiger partial charge < -0.3 is 9.64 Å². The minimum atomic E-state index is -0.202. The van der Waals surface area contributed by atoms with Crippen molar-refractivity contribution in [3.63, 3.8) is 0 Å². The minimum Gasteiger partial charge on any atom is -0.463 e. The second-order valence-electron chi connectivity index (χ2n) is 5.65. The van der Waals surface area contributed by atoms with E-state index in [-0.39, 0.29) is 18.0 Å². The number of carbonyl (C=O) groups is 2. The molecule has 0 rings (SSSR count). The molecule has 0 spiro atoms. The Hall–Kier alpha value is -1.06. The summed E-state index contributed by atoms with van der Waals surface area (Å²) in [6.45, 7) is 9.35. The Kier molecular flexibility index (Phi) is 12.0. The molecule has 0 aromatic carbocycles. The Balaban J connectivity index is 4.21. The average Bonchev–Trinajstić information content (AvgIpc) is 2.47. The predicted octanol–water partition coefficient (Wildman–Crippen LogP) is 3.93. The zero-order valence-electron chi connectivity index (χ0n) is 14.3. The van der Waals surface area contributed by atoms with Crippen molar-refractivity contribution >= 4 is 11.9 Å². The maximum absolute atomic E-state index is 12.2. The number of rotatable bonds is 12. The number of amides is 1. The number of hydrogen-bond donors (Lipinski definition) is 0. The summed E-state index contributed by atoms with van der Waals surface area (Å²) < 4.78 is 5.26. The van der Waals surface area contributed by atoms with Crippen LogP contribution in [-0.4, -0.2) is 36.0 Å². The van der Waals surface area contributed by atoms with Gasteiger partial charge in [0.15, 0.2) is 0 Å². The summed E-state index contributed by atoms with van der Waals surface area (Å²) in [7, 11) is 0. The molecule has 1 unspecified atom stereocenters. The second-order valence-corrected chi connectivity index (χ2v) is 5.65. The summed E-state index contributed by atoms with van der Waals surface area (Å²) in [6.07, 6.45) is 6.85. The SMILES string of the molecule is CCCCCC(=O)N(CCCC)CCC(=O)OC(C)CC. The minimum absolute atomic E-state index is 0.0400. The van der Waals surface area contributed by atoms with E-state index in [2.05, 4.69) is 13.8 Å². The third-order valence-electron chi connectivity index (χ3n) is 3.62. The topological polar surface area (TPSA) is 46.6 Å². The van der Waals surface area contributed by atoms with Gasteiger partial charge in [0.1, 0.15) is 0 Å². The van der Waals surface area contributed by atoms with Crippen LogP contribution in [0.4, 0.5) is 0 Å². The Morgan fingerprint density at radius 3 is 2.19 bits per heavy atom. The fraction of sp³-hybridized carbons (Fsp3) is 0.882. The van der Waals surface area contributed by atoms with Crippen molar-refractivity contribution in [1.29, 1.82) is 0 Å². The van der Waals surface area contributed by atoms with Gasteiger partial charge in [0, 0.05) is 19.5 Å². The first-order valence-electron chi connectivity index (χ1n) is 8.52. The summed E-state index contributed by atoms with van der Waals surface area (Å²) >= 11 is 0. The Bertz CT molecular complexity index is 292. The standard InChI is InChI=1S/C17H33NO3/c1-5-8-10-11-16(19)18(13-9-6-2)14-12-17(20)21-15(4)7-3/h15H,5-14H2,1-4H3. The smallest absolute Gasteiger partial charge is 0.307 e. The molecule has 0 aromatic heterocycles. The van der Waals surface area contributed by atoms with E-state index in [0.29, 0.717) is 19.4 Å². The summed E-state index contributed by atoms with van der Waals surface area (Å²) in [5.74, 6) is -0.0274. The van der Waals surface area contributed by atoms with Gasteiger partial charge in [-0.2, -0.15) is 0 Å². The fourth-order valence-electron chi connectivity index (χ4n) is 1.99. The molecule has 0 bridgehead atoms. The van der Waals surface area contributed by atoms with Crippen LogP contribution in [0.1, 0.15) is 79.1 Å². The zero-order valence-corrected chi connectivity index (χ0v) is 14.3. The van der Waals surface area contributed by atoms with Crippen LogP contribution in [0.3, 0.4) is 0 Å². The van der Waals surface area contributed by atoms with E-state index in [1.165, 1.54) is 0 Å². The number of hydrogen-bond acceptors (Lipinski definition) is 3. The molecule has 0 fully saturated rings. The average molecular weight is 299 g/mol. The van der Waals surface area contributed by atoms with E-state index < -0.39 is 0 Å². The van der Waals surface area contributed by atoms with Crippen LogP contribution in [0.5, 0.6) is 0 Å². The number of ether oxygens (including phenoxy) is 1. The van der Waals surface area contributed by atoms with Gasteiger partial charge in [-0.25, -0.2) is 0 Å². The molecule has 0 saturated heterocycles. The Labute approximate surface area is 130 Å². The van der Waals surface area contributed by atoms with Gasteiger partial charge in [-0.15, -0.1) is 0 Å². The molecule has 0 N–H and O–H groups in total. The molecule has 4 heteroatoms. The van der Waals surface area contributed by atoms with Crippen LogP contribution in [0, 0.1) is 0 Å². The highest BCUT2D eigenvalue weighted by Crippen LogP contribution is 2.07. The van der Waals surface area contributed by atoms with Gasteiger partial charge in [0.05, 0.1) is 12.5 Å². The molecule has 0 saturated carbocycles. The van der Waals surface area contributed by atoms with Crippen molar-refractivity contribution in [3.05, 3.63) is 0 Å². The van der Waals surface area contributed by atoms with Crippen LogP contribution >= 0.6 is 0 Å². The summed E-state index contributed by atoms with van der Waals surface area (Å²) in [6, 6.07) is 0. The molecule has 0 aliphatic heterocycles. The van der Waals surface area contributed by atoms with Crippen LogP contribution in [0.25, 0.3) is 0 Å². The van der Waals surface area contributed by atoms with Crippen LogP contribution < -0.4 is 0 Å². The van der Waals surface area contributed by atoms with Gasteiger partial charge in [0.2, 0.25) is 5.91 Å². The lowest BCUT2D eigenvalue weighted by atomic mass is 10.2. The van der Waals surface area contributed by atoms with E-state index in [9.17, 15) is 9.59 Å². The second kappa shape index (κ2) is 12.7. The van der Waals surface area contributed by atoms with E-state index >= 15 is 0 Å². The summed E-state index contributed by atoms with van der Waals surface area (Å²) in [5, 5.41) is 0. The molecular weight excluding hydrogens is 266 g/mol. The predicted molar refractivity (Wildman–Crippen MR) is 86.1 cm³/mol. The number of carbonyl (C=O) groups excluding carboxylic acids is 2. The first kappa shape index (κ1) is 19.9. The van der Waals surface area contributed by atoms with Crippen molar-refractivity contribution in [2.75, 3.05) is 13.1 Å². The quantitative estimate of drug-likeness (QED) is 0.405. The van der Waals surface area contributed by atoms with E-state index in [1.807, 2.05) is 18.7 Å². The fourth-order valence-corrected chi connectivity index (χ4v) is 1.99. The lowest BCUT2D eigenvalue weighted by Gasteiger charge is -2.22. The molecule has 0 radical (unpaired) electrons. The summed E-state index contributed by atoms with van der Waals surface area (Å²) in [4.78, 5) is 25.7. The first-order chi connectivity index (χ1) is 10.0. The van der Waals surface area contributed by atoms with Crippen molar-refractivity contribution in [1.82, 2.24) is 4.90 Å². The lowest BCUT2D eigenvalue weighted by Crippen LogP contribution is -2.34. The third-order valence-corrected chi connectivity index (χ3v) is 3.62. The van der Waals surface area contributed by atoms with Crippen molar-refractivity contribution in [2.24, 2.45) is 0 Å². The van der Waals surface area contributed by atoms with E-state index in [4.69, 9.17) is 4.74 Å². The first-order valence-corrected chi connectivity index (χ1v) is 8.52. The maximum Gasteiger partial charge on any atom is 0.307 e. The van der Waals surface area contributed by atoms with Gasteiger partial charge in [-0.3, -0.25) is 9.59 Å². The van der Waals surface area contributed by atoms with Gasteiger partial charge >= 0.3 is 5.97 Å². The Morgan fingerprint density at radius 1 is 0.952 bits per heavy atom. The third kappa shape index (κ3) is 10.3. The largest absolute Gasteiger partial charge is 0.463 e. The molecule has 124 valence electrons. The molecule has 0 aliphatic carbocycles. The maximum atomic E-state index is 12.2. The number of nitrogens with zero attached hydrogens (tertiary/aromatic N) is 1. The lowest BCUT2D eigenvalue weighted by molar-refractivity contribution is -0.149. The molecule has 1 amide bonds. The normalized spacial score (nSPS) is 12.0. The highest BCUT2D eigenvalue weighted by Gasteiger charge is 2.15. The van der Waals surface area contributed by atoms with Crippen LogP contribution in [0.2, 0.25) is 0 Å². The van der Waals surface area contributed by atoms with Crippen molar-refractivity contribution in [2.45, 2.75) is 85.2 Å². The highest BCUT2D eigenvalue weighted by atomic mass is 16.5.